The fraction of sp³-hybridized carbons (Fsp3) is 0.611. The maximum Gasteiger partial charge on any atom is 0.237 e. The van der Waals surface area contributed by atoms with Crippen LogP contribution in [0.15, 0.2) is 6.33 Å². The molecular weight excluding hydrogens is 330 g/mol. The minimum atomic E-state index is -0.277. The minimum Gasteiger partial charge on any atom is -0.326 e. The van der Waals surface area contributed by atoms with Crippen LogP contribution in [0.5, 0.6) is 0 Å². The van der Waals surface area contributed by atoms with Gasteiger partial charge in [-0.3, -0.25) is 4.79 Å². The zero-order valence-corrected chi connectivity index (χ0v) is 14.6. The van der Waals surface area contributed by atoms with Crippen LogP contribution in [0.25, 0.3) is 0 Å². The maximum atomic E-state index is 12.3. The van der Waals surface area contributed by atoms with Crippen LogP contribution in [-0.4, -0.2) is 45.5 Å². The van der Waals surface area contributed by atoms with E-state index in [2.05, 4.69) is 16.4 Å². The second kappa shape index (κ2) is 7.99. The Morgan fingerprint density at radius 2 is 2.12 bits per heavy atom. The number of imidazole rings is 1. The molecule has 1 aliphatic carbocycles. The first-order chi connectivity index (χ1) is 12.7. The highest BCUT2D eigenvalue weighted by Gasteiger charge is 2.30. The Hall–Kier alpha value is -2.89. The fourth-order valence-corrected chi connectivity index (χ4v) is 3.96. The highest BCUT2D eigenvalue weighted by molar-refractivity contribution is 5.79. The van der Waals surface area contributed by atoms with Gasteiger partial charge in [0.05, 0.1) is 18.9 Å². The second-order valence-electron chi connectivity index (χ2n) is 6.95. The van der Waals surface area contributed by atoms with Crippen LogP contribution in [0.3, 0.4) is 0 Å². The summed E-state index contributed by atoms with van der Waals surface area (Å²) >= 11 is 0. The van der Waals surface area contributed by atoms with Crippen LogP contribution in [0.4, 0.5) is 0 Å². The van der Waals surface area contributed by atoms with Crippen molar-refractivity contribution in [1.82, 2.24) is 19.8 Å². The van der Waals surface area contributed by atoms with E-state index >= 15 is 0 Å². The van der Waals surface area contributed by atoms with Crippen molar-refractivity contribution in [3.05, 3.63) is 17.7 Å². The lowest BCUT2D eigenvalue weighted by Crippen LogP contribution is -2.42. The number of amides is 1. The third-order valence-electron chi connectivity index (χ3n) is 5.31. The number of hydrogen-bond acceptors (Lipinski definition) is 6. The number of rotatable bonds is 5. The monoisotopic (exact) mass is 351 g/mol. The van der Waals surface area contributed by atoms with Gasteiger partial charge in [0.2, 0.25) is 5.91 Å². The van der Waals surface area contributed by atoms with Crippen molar-refractivity contribution in [3.8, 4) is 18.2 Å². The summed E-state index contributed by atoms with van der Waals surface area (Å²) in [7, 11) is 0. The van der Waals surface area contributed by atoms with Crippen molar-refractivity contribution in [2.45, 2.75) is 50.7 Å². The summed E-state index contributed by atoms with van der Waals surface area (Å²) in [5, 5.41) is 30.6. The molecule has 3 atom stereocenters. The smallest absolute Gasteiger partial charge is 0.237 e. The number of carbonyl (C=O) groups excluding carboxylic acids is 1. The summed E-state index contributed by atoms with van der Waals surface area (Å²) in [6.45, 7) is 1.60. The lowest BCUT2D eigenvalue weighted by molar-refractivity contribution is -0.130. The first kappa shape index (κ1) is 17.9. The topological polar surface area (TPSA) is 122 Å². The minimum absolute atomic E-state index is 0.00228. The molecule has 0 aromatic carbocycles. The molecule has 1 unspecified atom stereocenters. The zero-order valence-electron chi connectivity index (χ0n) is 14.6. The van der Waals surface area contributed by atoms with E-state index < -0.39 is 0 Å². The van der Waals surface area contributed by atoms with E-state index in [1.54, 1.807) is 15.8 Å². The van der Waals surface area contributed by atoms with Gasteiger partial charge in [0, 0.05) is 19.1 Å². The van der Waals surface area contributed by atoms with Crippen molar-refractivity contribution >= 4 is 5.91 Å². The van der Waals surface area contributed by atoms with E-state index in [4.69, 9.17) is 10.5 Å². The van der Waals surface area contributed by atoms with E-state index in [0.717, 1.165) is 32.1 Å². The number of carbonyl (C=O) groups is 1. The average Bonchev–Trinajstić information content (AvgIpc) is 3.38. The van der Waals surface area contributed by atoms with Crippen LogP contribution in [0.2, 0.25) is 0 Å². The molecule has 0 bridgehead atoms. The van der Waals surface area contributed by atoms with Gasteiger partial charge in [0.1, 0.15) is 18.2 Å². The quantitative estimate of drug-likeness (QED) is 0.841. The van der Waals surface area contributed by atoms with Gasteiger partial charge in [0.25, 0.3) is 0 Å². The van der Waals surface area contributed by atoms with Gasteiger partial charge < -0.3 is 14.8 Å². The SMILES string of the molecule is N#Cc1ncn(CC2CC[C@@H](NCC(=O)N3CCC[C@H]3C#N)C2)c1C#N. The number of nitrogens with zero attached hydrogens (tertiary/aromatic N) is 6. The van der Waals surface area contributed by atoms with Gasteiger partial charge in [-0.2, -0.15) is 15.8 Å². The molecule has 1 N–H and O–H groups in total. The van der Waals surface area contributed by atoms with Gasteiger partial charge in [-0.1, -0.05) is 0 Å². The molecule has 1 aromatic rings. The fourth-order valence-electron chi connectivity index (χ4n) is 3.96. The van der Waals surface area contributed by atoms with Crippen LogP contribution in [0.1, 0.15) is 43.5 Å². The predicted molar refractivity (Wildman–Crippen MR) is 91.1 cm³/mol. The Morgan fingerprint density at radius 3 is 2.85 bits per heavy atom. The highest BCUT2D eigenvalue weighted by Crippen LogP contribution is 2.27. The van der Waals surface area contributed by atoms with Gasteiger partial charge >= 0.3 is 0 Å². The molecule has 8 heteroatoms. The summed E-state index contributed by atoms with van der Waals surface area (Å²) < 4.78 is 1.75. The molecule has 3 rings (SSSR count). The Bertz CT molecular complexity index is 794. The summed E-state index contributed by atoms with van der Waals surface area (Å²) in [6, 6.07) is 6.16. The molecule has 2 fully saturated rings. The molecular formula is C18H21N7O. The van der Waals surface area contributed by atoms with Crippen molar-refractivity contribution in [1.29, 1.82) is 15.8 Å². The summed E-state index contributed by atoms with van der Waals surface area (Å²) in [5.41, 5.74) is 0.485. The van der Waals surface area contributed by atoms with Crippen molar-refractivity contribution in [3.63, 3.8) is 0 Å². The van der Waals surface area contributed by atoms with Gasteiger partial charge in [-0.05, 0) is 38.0 Å². The number of nitriles is 3. The zero-order chi connectivity index (χ0) is 18.5. The Balaban J connectivity index is 1.48. The number of aromatic nitrogens is 2. The van der Waals surface area contributed by atoms with Crippen molar-refractivity contribution < 1.29 is 4.79 Å². The predicted octanol–water partition coefficient (Wildman–Crippen LogP) is 0.899. The molecule has 0 radical (unpaired) electrons. The molecule has 1 aliphatic heterocycles. The van der Waals surface area contributed by atoms with E-state index in [1.807, 2.05) is 12.1 Å². The molecule has 8 nitrogen and oxygen atoms in total. The van der Waals surface area contributed by atoms with E-state index in [1.165, 1.54) is 0 Å². The van der Waals surface area contributed by atoms with Gasteiger partial charge in [-0.25, -0.2) is 4.98 Å². The van der Waals surface area contributed by atoms with Crippen LogP contribution in [0, 0.1) is 39.9 Å². The molecule has 0 spiro atoms. The number of likely N-dealkylation sites (tertiary alicyclic amines) is 1. The summed E-state index contributed by atoms with van der Waals surface area (Å²) in [5.74, 6) is 0.381. The van der Waals surface area contributed by atoms with Gasteiger partial charge in [0.15, 0.2) is 11.4 Å². The Morgan fingerprint density at radius 1 is 1.27 bits per heavy atom. The molecule has 1 amide bonds. The van der Waals surface area contributed by atoms with E-state index in [0.29, 0.717) is 24.7 Å². The summed E-state index contributed by atoms with van der Waals surface area (Å²) in [4.78, 5) is 17.9. The molecule has 1 saturated carbocycles. The molecule has 134 valence electrons. The normalized spacial score (nSPS) is 24.8. The highest BCUT2D eigenvalue weighted by atomic mass is 16.2. The maximum absolute atomic E-state index is 12.3. The van der Waals surface area contributed by atoms with Gasteiger partial charge in [-0.15, -0.1) is 0 Å². The Labute approximate surface area is 152 Å². The van der Waals surface area contributed by atoms with Crippen LogP contribution >= 0.6 is 0 Å². The molecule has 1 saturated heterocycles. The van der Waals surface area contributed by atoms with E-state index in [9.17, 15) is 10.1 Å². The second-order valence-corrected chi connectivity index (χ2v) is 6.95. The third-order valence-corrected chi connectivity index (χ3v) is 5.31. The molecule has 2 heterocycles. The Kier molecular flexibility index (Phi) is 5.51. The van der Waals surface area contributed by atoms with Crippen LogP contribution in [-0.2, 0) is 11.3 Å². The molecule has 1 aromatic heterocycles. The largest absolute Gasteiger partial charge is 0.326 e. The first-order valence-electron chi connectivity index (χ1n) is 8.94. The first-order valence-corrected chi connectivity index (χ1v) is 8.94. The van der Waals surface area contributed by atoms with Crippen LogP contribution < -0.4 is 5.32 Å². The lowest BCUT2D eigenvalue weighted by atomic mass is 10.1. The van der Waals surface area contributed by atoms with E-state index in [-0.39, 0.29) is 30.2 Å². The van der Waals surface area contributed by atoms with Crippen molar-refractivity contribution in [2.75, 3.05) is 13.1 Å². The number of nitrogens with one attached hydrogen (secondary N) is 1. The third kappa shape index (κ3) is 3.69. The standard InChI is InChI=1S/C18H21N7O/c19-7-15-2-1-5-25(15)18(26)10-22-14-4-3-13(6-14)11-24-12-23-16(8-20)17(24)9-21/h12-15,22H,1-6,10-11H2/t13?,14-,15+/m1/s1. The number of hydrogen-bond donors (Lipinski definition) is 1. The summed E-state index contributed by atoms with van der Waals surface area (Å²) in [6.07, 6.45) is 6.11. The average molecular weight is 351 g/mol. The molecule has 2 aliphatic rings. The lowest BCUT2D eigenvalue weighted by Gasteiger charge is -2.21. The van der Waals surface area contributed by atoms with Crippen molar-refractivity contribution in [2.24, 2.45) is 5.92 Å². The molecule has 26 heavy (non-hydrogen) atoms.